The number of para-hydroxylation sites is 1. The number of aromatic nitrogens is 1. The first kappa shape index (κ1) is 15.8. The van der Waals surface area contributed by atoms with Crippen molar-refractivity contribution in [2.75, 3.05) is 6.54 Å². The van der Waals surface area contributed by atoms with E-state index in [1.807, 2.05) is 47.4 Å². The predicted octanol–water partition coefficient (Wildman–Crippen LogP) is 5.43. The van der Waals surface area contributed by atoms with Crippen molar-refractivity contribution in [3.63, 3.8) is 0 Å². The van der Waals surface area contributed by atoms with Crippen LogP contribution in [0.15, 0.2) is 53.0 Å². The number of amides is 1. The van der Waals surface area contributed by atoms with Crippen molar-refractivity contribution >= 4 is 43.4 Å². The molecule has 0 radical (unpaired) electrons. The molecule has 1 atom stereocenters. The number of piperidine rings is 1. The van der Waals surface area contributed by atoms with Crippen molar-refractivity contribution < 1.29 is 4.79 Å². The third kappa shape index (κ3) is 2.87. The molecule has 0 N–H and O–H groups in total. The van der Waals surface area contributed by atoms with Gasteiger partial charge >= 0.3 is 0 Å². The fourth-order valence-electron chi connectivity index (χ4n) is 3.25. The Hall–Kier alpha value is -1.72. The van der Waals surface area contributed by atoms with Gasteiger partial charge in [-0.3, -0.25) is 4.79 Å². The van der Waals surface area contributed by atoms with E-state index in [4.69, 9.17) is 4.98 Å². The second kappa shape index (κ2) is 6.65. The van der Waals surface area contributed by atoms with Crippen LogP contribution in [0.4, 0.5) is 0 Å². The monoisotopic (exact) mass is 400 g/mol. The molecule has 5 heteroatoms. The van der Waals surface area contributed by atoms with Crippen LogP contribution >= 0.6 is 27.3 Å². The largest absolute Gasteiger partial charge is 0.329 e. The Morgan fingerprint density at radius 3 is 2.75 bits per heavy atom. The SMILES string of the molecule is O=C(c1ccccc1Br)N1CCCCC1c1nc2ccccc2s1. The predicted molar refractivity (Wildman–Crippen MR) is 101 cm³/mol. The van der Waals surface area contributed by atoms with Crippen LogP contribution in [0.2, 0.25) is 0 Å². The number of carbonyl (C=O) groups is 1. The Labute approximate surface area is 153 Å². The molecular formula is C19H17BrN2OS. The highest BCUT2D eigenvalue weighted by Gasteiger charge is 2.31. The molecule has 1 unspecified atom stereocenters. The van der Waals surface area contributed by atoms with Crippen molar-refractivity contribution in [2.24, 2.45) is 0 Å². The first-order valence-corrected chi connectivity index (χ1v) is 9.76. The van der Waals surface area contributed by atoms with Crippen LogP contribution in [0.3, 0.4) is 0 Å². The second-order valence-corrected chi connectivity index (χ2v) is 7.93. The summed E-state index contributed by atoms with van der Waals surface area (Å²) in [6, 6.07) is 15.9. The molecule has 1 aromatic heterocycles. The Balaban J connectivity index is 1.70. The van der Waals surface area contributed by atoms with Crippen LogP contribution < -0.4 is 0 Å². The van der Waals surface area contributed by atoms with Crippen molar-refractivity contribution in [3.8, 4) is 0 Å². The number of nitrogens with zero attached hydrogens (tertiary/aromatic N) is 2. The lowest BCUT2D eigenvalue weighted by Crippen LogP contribution is -2.38. The maximum absolute atomic E-state index is 13.1. The molecule has 0 spiro atoms. The minimum Gasteiger partial charge on any atom is -0.329 e. The average molecular weight is 401 g/mol. The first-order valence-electron chi connectivity index (χ1n) is 8.15. The molecular weight excluding hydrogens is 384 g/mol. The van der Waals surface area contributed by atoms with E-state index in [-0.39, 0.29) is 11.9 Å². The van der Waals surface area contributed by atoms with Crippen molar-refractivity contribution in [1.29, 1.82) is 0 Å². The molecule has 122 valence electrons. The zero-order valence-electron chi connectivity index (χ0n) is 13.1. The summed E-state index contributed by atoms with van der Waals surface area (Å²) in [6.45, 7) is 0.792. The van der Waals surface area contributed by atoms with Crippen molar-refractivity contribution in [2.45, 2.75) is 25.3 Å². The van der Waals surface area contributed by atoms with Gasteiger partial charge in [0, 0.05) is 11.0 Å². The quantitative estimate of drug-likeness (QED) is 0.574. The lowest BCUT2D eigenvalue weighted by atomic mass is 10.0. The third-order valence-corrected chi connectivity index (χ3v) is 6.29. The molecule has 1 amide bonds. The summed E-state index contributed by atoms with van der Waals surface area (Å²) in [7, 11) is 0. The van der Waals surface area contributed by atoms with E-state index in [0.29, 0.717) is 0 Å². The number of thiazole rings is 1. The fourth-order valence-corrected chi connectivity index (χ4v) is 4.82. The van der Waals surface area contributed by atoms with Crippen molar-refractivity contribution in [1.82, 2.24) is 9.88 Å². The summed E-state index contributed by atoms with van der Waals surface area (Å²) in [5.41, 5.74) is 1.75. The van der Waals surface area contributed by atoms with Gasteiger partial charge in [-0.15, -0.1) is 11.3 Å². The van der Waals surface area contributed by atoms with Crippen LogP contribution in [0.25, 0.3) is 10.2 Å². The zero-order valence-corrected chi connectivity index (χ0v) is 15.5. The molecule has 0 saturated carbocycles. The van der Waals surface area contributed by atoms with E-state index in [1.165, 1.54) is 4.70 Å². The van der Waals surface area contributed by atoms with E-state index in [2.05, 4.69) is 22.0 Å². The van der Waals surface area contributed by atoms with Crippen molar-refractivity contribution in [3.05, 3.63) is 63.6 Å². The normalized spacial score (nSPS) is 18.0. The van der Waals surface area contributed by atoms with Gasteiger partial charge in [-0.2, -0.15) is 0 Å². The molecule has 24 heavy (non-hydrogen) atoms. The highest BCUT2D eigenvalue weighted by atomic mass is 79.9. The smallest absolute Gasteiger partial charge is 0.255 e. The van der Waals surface area contributed by atoms with Gasteiger partial charge in [0.1, 0.15) is 5.01 Å². The number of halogens is 1. The van der Waals surface area contributed by atoms with E-state index in [1.54, 1.807) is 11.3 Å². The van der Waals surface area contributed by atoms with Gasteiger partial charge in [-0.1, -0.05) is 24.3 Å². The number of fused-ring (bicyclic) bond motifs is 1. The maximum atomic E-state index is 13.1. The molecule has 1 aliphatic heterocycles. The minimum absolute atomic E-state index is 0.0794. The molecule has 2 aromatic carbocycles. The van der Waals surface area contributed by atoms with Gasteiger partial charge < -0.3 is 4.90 Å². The van der Waals surface area contributed by atoms with E-state index >= 15 is 0 Å². The summed E-state index contributed by atoms with van der Waals surface area (Å²) in [6.07, 6.45) is 3.17. The number of rotatable bonds is 2. The number of likely N-dealkylation sites (tertiary alicyclic amines) is 1. The van der Waals surface area contributed by atoms with Crippen LogP contribution in [-0.2, 0) is 0 Å². The number of benzene rings is 2. The lowest BCUT2D eigenvalue weighted by Gasteiger charge is -2.34. The van der Waals surface area contributed by atoms with Gasteiger partial charge in [0.2, 0.25) is 0 Å². The molecule has 1 aliphatic rings. The summed E-state index contributed by atoms with van der Waals surface area (Å²) < 4.78 is 2.04. The topological polar surface area (TPSA) is 33.2 Å². The van der Waals surface area contributed by atoms with Gasteiger partial charge in [-0.05, 0) is 59.5 Å². The summed E-state index contributed by atoms with van der Waals surface area (Å²) in [5, 5.41) is 1.05. The molecule has 1 fully saturated rings. The maximum Gasteiger partial charge on any atom is 0.255 e. The number of carbonyl (C=O) groups excluding carboxylic acids is 1. The second-order valence-electron chi connectivity index (χ2n) is 6.01. The van der Waals surface area contributed by atoms with E-state index in [0.717, 1.165) is 46.4 Å². The average Bonchev–Trinajstić information content (AvgIpc) is 3.05. The van der Waals surface area contributed by atoms with Crippen LogP contribution in [0.1, 0.15) is 40.7 Å². The lowest BCUT2D eigenvalue weighted by molar-refractivity contribution is 0.0610. The van der Waals surface area contributed by atoms with Gasteiger partial charge in [-0.25, -0.2) is 4.98 Å². The Morgan fingerprint density at radius 2 is 1.92 bits per heavy atom. The Bertz CT molecular complexity index is 859. The Kier molecular flexibility index (Phi) is 4.37. The first-order chi connectivity index (χ1) is 11.7. The Morgan fingerprint density at radius 1 is 1.12 bits per heavy atom. The van der Waals surface area contributed by atoms with Crippen LogP contribution in [0, 0.1) is 0 Å². The molecule has 0 aliphatic carbocycles. The van der Waals surface area contributed by atoms with Crippen LogP contribution in [-0.4, -0.2) is 22.3 Å². The molecule has 2 heterocycles. The fraction of sp³-hybridized carbons (Fsp3) is 0.263. The molecule has 4 rings (SSSR count). The van der Waals surface area contributed by atoms with E-state index < -0.39 is 0 Å². The summed E-state index contributed by atoms with van der Waals surface area (Å²) in [5.74, 6) is 0.0893. The van der Waals surface area contributed by atoms with Crippen LogP contribution in [0.5, 0.6) is 0 Å². The standard InChI is InChI=1S/C19H17BrN2OS/c20-14-8-2-1-7-13(14)19(23)22-12-6-5-10-16(22)18-21-15-9-3-4-11-17(15)24-18/h1-4,7-9,11,16H,5-6,10,12H2. The van der Waals surface area contributed by atoms with Gasteiger partial charge in [0.05, 0.1) is 21.8 Å². The highest BCUT2D eigenvalue weighted by Crippen LogP contribution is 2.36. The van der Waals surface area contributed by atoms with E-state index in [9.17, 15) is 4.79 Å². The highest BCUT2D eigenvalue weighted by molar-refractivity contribution is 9.10. The van der Waals surface area contributed by atoms with Gasteiger partial charge in [0.15, 0.2) is 0 Å². The molecule has 1 saturated heterocycles. The summed E-state index contributed by atoms with van der Waals surface area (Å²) in [4.78, 5) is 19.9. The minimum atomic E-state index is 0.0794. The zero-order chi connectivity index (χ0) is 16.5. The number of hydrogen-bond acceptors (Lipinski definition) is 3. The van der Waals surface area contributed by atoms with Gasteiger partial charge in [0.25, 0.3) is 5.91 Å². The molecule has 3 aromatic rings. The summed E-state index contributed by atoms with van der Waals surface area (Å²) >= 11 is 5.21. The third-order valence-electron chi connectivity index (χ3n) is 4.46. The molecule has 3 nitrogen and oxygen atoms in total. The number of hydrogen-bond donors (Lipinski definition) is 0. The molecule has 0 bridgehead atoms.